The van der Waals surface area contributed by atoms with Crippen LogP contribution in [0.15, 0.2) is 60.8 Å². The quantitative estimate of drug-likeness (QED) is 0.556. The molecule has 154 valence electrons. The first kappa shape index (κ1) is 21.3. The van der Waals surface area contributed by atoms with Gasteiger partial charge in [0.25, 0.3) is 5.91 Å². The van der Waals surface area contributed by atoms with Gasteiger partial charge in [-0.2, -0.15) is 13.2 Å². The molecule has 0 unspecified atom stereocenters. The van der Waals surface area contributed by atoms with Crippen LogP contribution in [0.5, 0.6) is 11.6 Å². The van der Waals surface area contributed by atoms with E-state index in [4.69, 9.17) is 4.74 Å². The number of hydrogen-bond acceptors (Lipinski definition) is 5. The average Bonchev–Trinajstić information content (AvgIpc) is 2.69. The smallest absolute Gasteiger partial charge is 0.439 e. The number of carbonyl (C=O) groups excluding carboxylic acids is 1. The lowest BCUT2D eigenvalue weighted by atomic mass is 9.78. The molecule has 3 N–H and O–H groups in total. The maximum absolute atomic E-state index is 12.6. The molecule has 6 nitrogen and oxygen atoms in total. The van der Waals surface area contributed by atoms with Crippen LogP contribution < -0.4 is 15.5 Å². The zero-order valence-corrected chi connectivity index (χ0v) is 15.6. The van der Waals surface area contributed by atoms with Gasteiger partial charge in [0.15, 0.2) is 0 Å². The number of aryl methyl sites for hydroxylation is 1. The third-order valence-electron chi connectivity index (χ3n) is 4.14. The molecule has 1 heterocycles. The van der Waals surface area contributed by atoms with Gasteiger partial charge in [-0.3, -0.25) is 4.79 Å². The number of rotatable bonds is 5. The predicted octanol–water partition coefficient (Wildman–Crippen LogP) is 3.13. The van der Waals surface area contributed by atoms with Crippen LogP contribution in [0.4, 0.5) is 18.9 Å². The number of nitrogens with one attached hydrogen (secondary N) is 1. The van der Waals surface area contributed by atoms with Gasteiger partial charge in [-0.05, 0) is 43.3 Å². The average molecular weight is 416 g/mol. The Bertz CT molecular complexity index is 1040. The summed E-state index contributed by atoms with van der Waals surface area (Å²) in [5.74, 6) is -0.281. The summed E-state index contributed by atoms with van der Waals surface area (Å²) in [4.78, 5) is 16.4. The van der Waals surface area contributed by atoms with E-state index >= 15 is 0 Å². The van der Waals surface area contributed by atoms with Crippen molar-refractivity contribution in [3.8, 4) is 11.6 Å². The molecule has 0 spiro atoms. The Hall–Kier alpha value is -3.37. The van der Waals surface area contributed by atoms with Crippen molar-refractivity contribution in [2.75, 3.05) is 5.32 Å². The van der Waals surface area contributed by atoms with Crippen LogP contribution >= 0.6 is 0 Å². The summed E-state index contributed by atoms with van der Waals surface area (Å²) in [5.41, 5.74) is 0.568. The lowest BCUT2D eigenvalue weighted by molar-refractivity contribution is -0.137. The Kier molecular flexibility index (Phi) is 6.09. The minimum atomic E-state index is -4.44. The third kappa shape index (κ3) is 5.16. The fourth-order valence-corrected chi connectivity index (χ4v) is 2.61. The maximum atomic E-state index is 12.6. The van der Waals surface area contributed by atoms with Crippen LogP contribution in [0.3, 0.4) is 0 Å². The highest BCUT2D eigenvalue weighted by Gasteiger charge is 2.30. The van der Waals surface area contributed by atoms with E-state index in [1.807, 2.05) is 0 Å². The minimum Gasteiger partial charge on any atom is -0.439 e. The summed E-state index contributed by atoms with van der Waals surface area (Å²) in [6.45, 7) is 1.77. The Labute approximate surface area is 170 Å². The Morgan fingerprint density at radius 2 is 1.77 bits per heavy atom. The van der Waals surface area contributed by atoms with Gasteiger partial charge in [-0.1, -0.05) is 17.7 Å². The first-order valence-electron chi connectivity index (χ1n) is 8.72. The van der Waals surface area contributed by atoms with E-state index in [0.717, 1.165) is 17.7 Å². The number of amides is 1. The molecule has 30 heavy (non-hydrogen) atoms. The number of benzene rings is 2. The lowest BCUT2D eigenvalue weighted by Crippen LogP contribution is -2.33. The van der Waals surface area contributed by atoms with E-state index in [9.17, 15) is 28.0 Å². The molecule has 0 aliphatic heterocycles. The molecule has 0 saturated heterocycles. The summed E-state index contributed by atoms with van der Waals surface area (Å²) in [5, 5.41) is 21.5. The molecule has 1 aromatic heterocycles. The molecule has 0 radical (unpaired) electrons. The Morgan fingerprint density at radius 3 is 2.33 bits per heavy atom. The van der Waals surface area contributed by atoms with Gasteiger partial charge in [-0.25, -0.2) is 4.98 Å². The fourth-order valence-electron chi connectivity index (χ4n) is 2.61. The molecule has 0 aliphatic rings. The van der Waals surface area contributed by atoms with Gasteiger partial charge in [0.05, 0.1) is 11.1 Å². The van der Waals surface area contributed by atoms with Crippen molar-refractivity contribution in [2.45, 2.75) is 13.1 Å². The van der Waals surface area contributed by atoms with Crippen molar-refractivity contribution in [2.24, 2.45) is 0 Å². The molecule has 0 bridgehead atoms. The number of halogens is 3. The number of pyridine rings is 1. The zero-order chi connectivity index (χ0) is 21.9. The van der Waals surface area contributed by atoms with Crippen LogP contribution in [0, 0.1) is 6.92 Å². The van der Waals surface area contributed by atoms with E-state index in [1.165, 1.54) is 30.5 Å². The number of alkyl halides is 3. The van der Waals surface area contributed by atoms with Crippen molar-refractivity contribution in [3.05, 3.63) is 77.5 Å². The monoisotopic (exact) mass is 416 g/mol. The lowest BCUT2D eigenvalue weighted by Gasteiger charge is -2.12. The number of aromatic nitrogens is 1. The summed E-state index contributed by atoms with van der Waals surface area (Å²) >= 11 is 0. The SMILES string of the molecule is Cc1ccc(NC(=O)c2ccc(Oc3ccc(C(F)(F)F)cc3)nc2)c(B(O)O)c1. The van der Waals surface area contributed by atoms with Gasteiger partial charge in [0.1, 0.15) is 5.75 Å². The van der Waals surface area contributed by atoms with Crippen LogP contribution in [0.2, 0.25) is 0 Å². The normalized spacial score (nSPS) is 11.1. The topological polar surface area (TPSA) is 91.7 Å². The molecule has 1 amide bonds. The molecular weight excluding hydrogens is 400 g/mol. The summed E-state index contributed by atoms with van der Waals surface area (Å²) in [6.07, 6.45) is -3.20. The molecule has 3 aromatic rings. The number of carbonyl (C=O) groups is 1. The molecule has 3 rings (SSSR count). The van der Waals surface area contributed by atoms with E-state index in [-0.39, 0.29) is 28.3 Å². The molecule has 10 heteroatoms. The van der Waals surface area contributed by atoms with Gasteiger partial charge in [-0.15, -0.1) is 0 Å². The van der Waals surface area contributed by atoms with Crippen molar-refractivity contribution >= 4 is 24.2 Å². The van der Waals surface area contributed by atoms with E-state index in [1.54, 1.807) is 25.1 Å². The highest BCUT2D eigenvalue weighted by molar-refractivity contribution is 6.60. The molecule has 0 saturated carbocycles. The van der Waals surface area contributed by atoms with E-state index in [0.29, 0.717) is 0 Å². The first-order valence-corrected chi connectivity index (χ1v) is 8.72. The Morgan fingerprint density at radius 1 is 1.07 bits per heavy atom. The second kappa shape index (κ2) is 8.56. The number of nitrogens with zero attached hydrogens (tertiary/aromatic N) is 1. The van der Waals surface area contributed by atoms with Crippen LogP contribution in [0.25, 0.3) is 0 Å². The molecule has 2 aromatic carbocycles. The minimum absolute atomic E-state index is 0.0908. The van der Waals surface area contributed by atoms with E-state index in [2.05, 4.69) is 10.3 Å². The third-order valence-corrected chi connectivity index (χ3v) is 4.14. The van der Waals surface area contributed by atoms with Crippen molar-refractivity contribution in [3.63, 3.8) is 0 Å². The first-order chi connectivity index (χ1) is 14.1. The zero-order valence-electron chi connectivity index (χ0n) is 15.6. The Balaban J connectivity index is 1.69. The van der Waals surface area contributed by atoms with E-state index < -0.39 is 24.8 Å². The van der Waals surface area contributed by atoms with Gasteiger partial charge < -0.3 is 20.1 Å². The number of anilines is 1. The van der Waals surface area contributed by atoms with Crippen LogP contribution in [0.1, 0.15) is 21.5 Å². The van der Waals surface area contributed by atoms with Crippen molar-refractivity contribution < 1.29 is 32.8 Å². The summed E-state index contributed by atoms with van der Waals surface area (Å²) in [6, 6.07) is 11.7. The molecule has 0 fully saturated rings. The summed E-state index contributed by atoms with van der Waals surface area (Å²) in [7, 11) is -1.75. The maximum Gasteiger partial charge on any atom is 0.490 e. The standard InChI is InChI=1S/C20H16BF3N2O4/c1-12-2-8-17(16(10-12)21(28)29)26-19(27)13-3-9-18(25-11-13)30-15-6-4-14(5-7-15)20(22,23)24/h2-11,28-29H,1H3,(H,26,27). The number of ether oxygens (including phenoxy) is 1. The van der Waals surface area contributed by atoms with Crippen molar-refractivity contribution in [1.29, 1.82) is 0 Å². The van der Waals surface area contributed by atoms with Crippen LogP contribution in [-0.4, -0.2) is 28.1 Å². The largest absolute Gasteiger partial charge is 0.490 e. The van der Waals surface area contributed by atoms with Gasteiger partial charge >= 0.3 is 13.3 Å². The molecule has 0 aliphatic carbocycles. The second-order valence-corrected chi connectivity index (χ2v) is 6.43. The molecular formula is C20H16BF3N2O4. The predicted molar refractivity (Wildman–Crippen MR) is 105 cm³/mol. The van der Waals surface area contributed by atoms with Crippen molar-refractivity contribution in [1.82, 2.24) is 4.98 Å². The highest BCUT2D eigenvalue weighted by atomic mass is 19.4. The van der Waals surface area contributed by atoms with Gasteiger partial charge in [0, 0.05) is 23.4 Å². The molecule has 0 atom stereocenters. The highest BCUT2D eigenvalue weighted by Crippen LogP contribution is 2.31. The number of hydrogen-bond donors (Lipinski definition) is 3. The van der Waals surface area contributed by atoms with Crippen LogP contribution in [-0.2, 0) is 6.18 Å². The van der Waals surface area contributed by atoms with Gasteiger partial charge in [0.2, 0.25) is 5.88 Å². The second-order valence-electron chi connectivity index (χ2n) is 6.43. The fraction of sp³-hybridized carbons (Fsp3) is 0.100. The summed E-state index contributed by atoms with van der Waals surface area (Å²) < 4.78 is 43.2.